The third-order valence-electron chi connectivity index (χ3n) is 5.82. The van der Waals surface area contributed by atoms with Crippen LogP contribution in [0, 0.1) is 0 Å². The minimum atomic E-state index is -4.41. The van der Waals surface area contributed by atoms with Crippen molar-refractivity contribution in [3.05, 3.63) is 30.3 Å². The maximum atomic E-state index is 12.3. The van der Waals surface area contributed by atoms with Crippen molar-refractivity contribution in [2.45, 2.75) is 109 Å². The molecule has 0 saturated heterocycles. The summed E-state index contributed by atoms with van der Waals surface area (Å²) >= 11 is 0. The van der Waals surface area contributed by atoms with Gasteiger partial charge in [0.25, 0.3) is 0 Å². The van der Waals surface area contributed by atoms with Crippen LogP contribution in [0.1, 0.15) is 103 Å². The molecule has 33 heavy (non-hydrogen) atoms. The maximum Gasteiger partial charge on any atom is 1.00 e. The Morgan fingerprint density at radius 1 is 0.879 bits per heavy atom. The van der Waals surface area contributed by atoms with Crippen LogP contribution in [-0.4, -0.2) is 32.0 Å². The first-order valence-electron chi connectivity index (χ1n) is 12.3. The minimum Gasteiger partial charge on any atom is -0.316 e. The zero-order valence-electron chi connectivity index (χ0n) is 21.0. The number of hydrogen-bond donors (Lipinski definition) is 1. The molecule has 1 aromatic rings. The van der Waals surface area contributed by atoms with Crippen LogP contribution in [0.25, 0.3) is 0 Å². The Hall–Kier alpha value is -0.440. The standard InChI is InChI=1S/C25H43NO5S.Na/c1-3-4-5-6-7-9-15-20-24(31-32(28,29)30)21-16-10-8-11-17-22-25(27)26(2)23-18-13-12-14-19-23;/h12-14,18-19,24H,3-11,15-17,20-22H2,1-2H3,(H,28,29,30);/q;+1. The molecule has 1 unspecified atom stereocenters. The van der Waals surface area contributed by atoms with Gasteiger partial charge in [-0.2, -0.15) is 8.42 Å². The number of para-hydroxylation sites is 1. The number of carbonyl (C=O) groups excluding carboxylic acids is 1. The van der Waals surface area contributed by atoms with Gasteiger partial charge in [-0.05, 0) is 31.4 Å². The molecule has 0 spiro atoms. The Morgan fingerprint density at radius 3 is 1.88 bits per heavy atom. The van der Waals surface area contributed by atoms with Crippen LogP contribution < -0.4 is 34.5 Å². The summed E-state index contributed by atoms with van der Waals surface area (Å²) in [4.78, 5) is 14.0. The van der Waals surface area contributed by atoms with Gasteiger partial charge < -0.3 is 4.90 Å². The summed E-state index contributed by atoms with van der Waals surface area (Å²) in [5.41, 5.74) is 0.906. The first-order valence-corrected chi connectivity index (χ1v) is 13.7. The summed E-state index contributed by atoms with van der Waals surface area (Å²) < 4.78 is 36.2. The molecule has 6 nitrogen and oxygen atoms in total. The molecule has 1 atom stereocenters. The molecule has 0 radical (unpaired) electrons. The summed E-state index contributed by atoms with van der Waals surface area (Å²) in [6.07, 6.45) is 14.1. The molecule has 1 N–H and O–H groups in total. The van der Waals surface area contributed by atoms with Crippen LogP contribution in [0.2, 0.25) is 0 Å². The number of carbonyl (C=O) groups is 1. The Labute approximate surface area is 224 Å². The van der Waals surface area contributed by atoms with Gasteiger partial charge >= 0.3 is 40.0 Å². The van der Waals surface area contributed by atoms with Crippen molar-refractivity contribution in [3.63, 3.8) is 0 Å². The van der Waals surface area contributed by atoms with Crippen LogP contribution in [-0.2, 0) is 19.4 Å². The van der Waals surface area contributed by atoms with Crippen LogP contribution in [0.4, 0.5) is 5.69 Å². The van der Waals surface area contributed by atoms with E-state index in [0.717, 1.165) is 57.1 Å². The van der Waals surface area contributed by atoms with E-state index in [1.807, 2.05) is 30.3 Å². The molecule has 0 aliphatic rings. The molecule has 0 fully saturated rings. The number of hydrogen-bond acceptors (Lipinski definition) is 4. The summed E-state index contributed by atoms with van der Waals surface area (Å²) in [6.45, 7) is 2.20. The average Bonchev–Trinajstić information content (AvgIpc) is 2.76. The molecule has 1 amide bonds. The van der Waals surface area contributed by atoms with Crippen molar-refractivity contribution < 1.29 is 51.5 Å². The molecule has 0 aliphatic carbocycles. The van der Waals surface area contributed by atoms with E-state index >= 15 is 0 Å². The molecule has 0 aliphatic heterocycles. The van der Waals surface area contributed by atoms with Crippen molar-refractivity contribution >= 4 is 22.0 Å². The minimum absolute atomic E-state index is 0. The predicted molar refractivity (Wildman–Crippen MR) is 131 cm³/mol. The first kappa shape index (κ1) is 32.6. The quantitative estimate of drug-likeness (QED) is 0.181. The summed E-state index contributed by atoms with van der Waals surface area (Å²) in [6, 6.07) is 9.63. The zero-order valence-corrected chi connectivity index (χ0v) is 23.8. The summed E-state index contributed by atoms with van der Waals surface area (Å²) in [7, 11) is -2.61. The first-order chi connectivity index (χ1) is 15.3. The monoisotopic (exact) mass is 492 g/mol. The van der Waals surface area contributed by atoms with Gasteiger partial charge in [-0.3, -0.25) is 9.35 Å². The van der Waals surface area contributed by atoms with E-state index in [0.29, 0.717) is 19.3 Å². The van der Waals surface area contributed by atoms with Gasteiger partial charge in [0.05, 0.1) is 6.10 Å². The number of amides is 1. The number of benzene rings is 1. The van der Waals surface area contributed by atoms with E-state index in [4.69, 9.17) is 8.74 Å². The van der Waals surface area contributed by atoms with Gasteiger partial charge in [0.15, 0.2) is 0 Å². The SMILES string of the molecule is CCCCCCCCCC(CCCCCCCC(=O)N(C)c1ccccc1)OS(=O)(=O)O.[Na+]. The number of anilines is 1. The fourth-order valence-corrected chi connectivity index (χ4v) is 4.42. The second-order valence-corrected chi connectivity index (χ2v) is 9.70. The molecular weight excluding hydrogens is 449 g/mol. The molecule has 8 heteroatoms. The molecule has 0 saturated carbocycles. The third-order valence-corrected chi connectivity index (χ3v) is 6.34. The van der Waals surface area contributed by atoms with E-state index < -0.39 is 16.5 Å². The Bertz CT molecular complexity index is 715. The van der Waals surface area contributed by atoms with E-state index in [2.05, 4.69) is 6.92 Å². The smallest absolute Gasteiger partial charge is 0.316 e. The fraction of sp³-hybridized carbons (Fsp3) is 0.720. The van der Waals surface area contributed by atoms with Gasteiger partial charge in [0.2, 0.25) is 5.91 Å². The molecule has 1 rings (SSSR count). The Morgan fingerprint density at radius 2 is 1.36 bits per heavy atom. The zero-order chi connectivity index (χ0) is 23.7. The fourth-order valence-electron chi connectivity index (χ4n) is 3.88. The van der Waals surface area contributed by atoms with Crippen molar-refractivity contribution in [3.8, 4) is 0 Å². The summed E-state index contributed by atoms with van der Waals surface area (Å²) in [5, 5.41) is 0. The Kier molecular flexibility index (Phi) is 19.6. The normalized spacial score (nSPS) is 12.2. The van der Waals surface area contributed by atoms with E-state index in [9.17, 15) is 13.2 Å². The van der Waals surface area contributed by atoms with Crippen LogP contribution in [0.5, 0.6) is 0 Å². The van der Waals surface area contributed by atoms with E-state index in [-0.39, 0.29) is 35.5 Å². The Balaban J connectivity index is 0.0000102. The van der Waals surface area contributed by atoms with Crippen molar-refractivity contribution in [2.24, 2.45) is 0 Å². The van der Waals surface area contributed by atoms with Crippen molar-refractivity contribution in [2.75, 3.05) is 11.9 Å². The van der Waals surface area contributed by atoms with Gasteiger partial charge in [-0.15, -0.1) is 0 Å². The molecular formula is C25H43NNaO5S+. The van der Waals surface area contributed by atoms with Crippen LogP contribution >= 0.6 is 0 Å². The summed E-state index contributed by atoms with van der Waals surface area (Å²) in [5.74, 6) is 0.118. The van der Waals surface area contributed by atoms with Gasteiger partial charge in [-0.1, -0.05) is 95.8 Å². The van der Waals surface area contributed by atoms with Gasteiger partial charge in [-0.25, -0.2) is 4.18 Å². The molecule has 0 bridgehead atoms. The number of rotatable bonds is 19. The second kappa shape index (κ2) is 19.8. The molecule has 0 aromatic heterocycles. The van der Waals surface area contributed by atoms with E-state index in [1.54, 1.807) is 11.9 Å². The molecule has 184 valence electrons. The largest absolute Gasteiger partial charge is 1.00 e. The van der Waals surface area contributed by atoms with Crippen LogP contribution in [0.3, 0.4) is 0 Å². The van der Waals surface area contributed by atoms with E-state index in [1.165, 1.54) is 25.7 Å². The van der Waals surface area contributed by atoms with Gasteiger partial charge in [0.1, 0.15) is 0 Å². The maximum absolute atomic E-state index is 12.3. The third kappa shape index (κ3) is 17.6. The van der Waals surface area contributed by atoms with Crippen molar-refractivity contribution in [1.29, 1.82) is 0 Å². The predicted octanol–water partition coefficient (Wildman–Crippen LogP) is 3.71. The molecule has 1 aromatic carbocycles. The van der Waals surface area contributed by atoms with Gasteiger partial charge in [0, 0.05) is 19.2 Å². The van der Waals surface area contributed by atoms with Crippen molar-refractivity contribution in [1.82, 2.24) is 0 Å². The number of nitrogens with zero attached hydrogens (tertiary/aromatic N) is 1. The number of unbranched alkanes of at least 4 members (excludes halogenated alkanes) is 10. The molecule has 0 heterocycles. The van der Waals surface area contributed by atoms with Crippen LogP contribution in [0.15, 0.2) is 30.3 Å². The second-order valence-electron chi connectivity index (χ2n) is 8.65. The average molecular weight is 493 g/mol. The topological polar surface area (TPSA) is 83.9 Å².